The summed E-state index contributed by atoms with van der Waals surface area (Å²) in [4.78, 5) is 11.4. The van der Waals surface area contributed by atoms with Gasteiger partial charge in [-0.3, -0.25) is 0 Å². The molecule has 0 saturated heterocycles. The lowest BCUT2D eigenvalue weighted by molar-refractivity contribution is -0.152. The Morgan fingerprint density at radius 3 is 2.82 bits per heavy atom. The van der Waals surface area contributed by atoms with Crippen LogP contribution in [0.1, 0.15) is 45.4 Å². The minimum Gasteiger partial charge on any atom is -0.464 e. The highest BCUT2D eigenvalue weighted by Crippen LogP contribution is 2.20. The van der Waals surface area contributed by atoms with Crippen LogP contribution in [0.25, 0.3) is 0 Å². The summed E-state index contributed by atoms with van der Waals surface area (Å²) in [5, 5.41) is 3.25. The number of carbonyl (C=O) groups excluding carboxylic acids is 1. The van der Waals surface area contributed by atoms with Crippen LogP contribution in [-0.4, -0.2) is 38.4 Å². The Kier molecular flexibility index (Phi) is 7.21. The average Bonchev–Trinajstić information content (AvgIpc) is 2.37. The van der Waals surface area contributed by atoms with Crippen LogP contribution in [0.15, 0.2) is 0 Å². The number of esters is 1. The molecule has 0 spiro atoms. The van der Waals surface area contributed by atoms with Crippen LogP contribution in [0.3, 0.4) is 0 Å². The number of likely N-dealkylation sites (N-methyl/N-ethyl adjacent to an activating group) is 1. The van der Waals surface area contributed by atoms with E-state index in [2.05, 4.69) is 12.2 Å². The van der Waals surface area contributed by atoms with Gasteiger partial charge < -0.3 is 14.8 Å². The van der Waals surface area contributed by atoms with Gasteiger partial charge in [0.1, 0.15) is 6.61 Å². The van der Waals surface area contributed by atoms with Crippen LogP contribution in [0, 0.1) is 0 Å². The number of hydrogen-bond donors (Lipinski definition) is 1. The van der Waals surface area contributed by atoms with Crippen molar-refractivity contribution in [3.8, 4) is 0 Å². The molecule has 2 atom stereocenters. The maximum atomic E-state index is 11.4. The molecule has 0 aliphatic heterocycles. The van der Waals surface area contributed by atoms with Gasteiger partial charge >= 0.3 is 5.97 Å². The predicted molar refractivity (Wildman–Crippen MR) is 66.9 cm³/mol. The second-order valence-corrected chi connectivity index (χ2v) is 4.60. The summed E-state index contributed by atoms with van der Waals surface area (Å²) >= 11 is 0. The summed E-state index contributed by atoms with van der Waals surface area (Å²) in [5.41, 5.74) is 0. The lowest BCUT2D eigenvalue weighted by Crippen LogP contribution is -2.42. The molecule has 1 rings (SSSR count). The molecule has 0 aromatic rings. The van der Waals surface area contributed by atoms with Gasteiger partial charge in [0.25, 0.3) is 0 Å². The van der Waals surface area contributed by atoms with Crippen molar-refractivity contribution in [3.05, 3.63) is 0 Å². The van der Waals surface area contributed by atoms with E-state index in [4.69, 9.17) is 9.47 Å². The molecule has 0 heterocycles. The SMILES string of the molecule is CCCCOC(=O)COC1CCCCC1NC. The Morgan fingerprint density at radius 2 is 2.12 bits per heavy atom. The van der Waals surface area contributed by atoms with Crippen LogP contribution >= 0.6 is 0 Å². The second-order valence-electron chi connectivity index (χ2n) is 4.60. The third-order valence-electron chi connectivity index (χ3n) is 3.25. The first kappa shape index (κ1) is 14.5. The maximum absolute atomic E-state index is 11.4. The first-order valence-corrected chi connectivity index (χ1v) is 6.72. The van der Waals surface area contributed by atoms with E-state index in [1.54, 1.807) is 0 Å². The number of ether oxygens (including phenoxy) is 2. The minimum absolute atomic E-state index is 0.0898. The molecule has 0 radical (unpaired) electrons. The quantitative estimate of drug-likeness (QED) is 0.548. The lowest BCUT2D eigenvalue weighted by Gasteiger charge is -2.30. The zero-order chi connectivity index (χ0) is 12.5. The van der Waals surface area contributed by atoms with Gasteiger partial charge in [0.05, 0.1) is 12.7 Å². The van der Waals surface area contributed by atoms with Gasteiger partial charge in [-0.2, -0.15) is 0 Å². The number of unbranched alkanes of at least 4 members (excludes halogenated alkanes) is 1. The molecular formula is C13H25NO3. The third-order valence-corrected chi connectivity index (χ3v) is 3.25. The Labute approximate surface area is 104 Å². The lowest BCUT2D eigenvalue weighted by atomic mass is 9.92. The molecule has 2 unspecified atom stereocenters. The van der Waals surface area contributed by atoms with Crippen LogP contribution in [0.4, 0.5) is 0 Å². The second kappa shape index (κ2) is 8.48. The van der Waals surface area contributed by atoms with Crippen molar-refractivity contribution in [2.24, 2.45) is 0 Å². The molecule has 1 aliphatic carbocycles. The van der Waals surface area contributed by atoms with Crippen molar-refractivity contribution >= 4 is 5.97 Å². The number of nitrogens with one attached hydrogen (secondary N) is 1. The van der Waals surface area contributed by atoms with E-state index in [0.29, 0.717) is 12.6 Å². The van der Waals surface area contributed by atoms with Crippen molar-refractivity contribution in [1.29, 1.82) is 0 Å². The predicted octanol–water partition coefficient (Wildman–Crippen LogP) is 1.88. The van der Waals surface area contributed by atoms with E-state index >= 15 is 0 Å². The molecule has 0 aromatic carbocycles. The van der Waals surface area contributed by atoms with Gasteiger partial charge in [0.2, 0.25) is 0 Å². The normalized spacial score (nSPS) is 24.6. The molecule has 100 valence electrons. The largest absolute Gasteiger partial charge is 0.464 e. The van der Waals surface area contributed by atoms with Crippen LogP contribution < -0.4 is 5.32 Å². The topological polar surface area (TPSA) is 47.6 Å². The molecule has 1 fully saturated rings. The van der Waals surface area contributed by atoms with Crippen molar-refractivity contribution in [2.75, 3.05) is 20.3 Å². The first-order valence-electron chi connectivity index (χ1n) is 6.72. The molecule has 4 nitrogen and oxygen atoms in total. The first-order chi connectivity index (χ1) is 8.27. The van der Waals surface area contributed by atoms with E-state index in [-0.39, 0.29) is 18.7 Å². The maximum Gasteiger partial charge on any atom is 0.332 e. The van der Waals surface area contributed by atoms with Crippen molar-refractivity contribution in [3.63, 3.8) is 0 Å². The monoisotopic (exact) mass is 243 g/mol. The summed E-state index contributed by atoms with van der Waals surface area (Å²) in [6, 6.07) is 0.382. The average molecular weight is 243 g/mol. The van der Waals surface area contributed by atoms with Crippen molar-refractivity contribution in [2.45, 2.75) is 57.6 Å². The third kappa shape index (κ3) is 5.50. The van der Waals surface area contributed by atoms with E-state index in [9.17, 15) is 4.79 Å². The fourth-order valence-electron chi connectivity index (χ4n) is 2.17. The Hall–Kier alpha value is -0.610. The molecule has 1 aliphatic rings. The summed E-state index contributed by atoms with van der Waals surface area (Å²) in [6.07, 6.45) is 6.72. The van der Waals surface area contributed by atoms with Crippen LogP contribution in [0.2, 0.25) is 0 Å². The summed E-state index contributed by atoms with van der Waals surface area (Å²) < 4.78 is 10.7. The number of carbonyl (C=O) groups is 1. The van der Waals surface area contributed by atoms with Crippen LogP contribution in [-0.2, 0) is 14.3 Å². The number of hydrogen-bond acceptors (Lipinski definition) is 4. The van der Waals surface area contributed by atoms with Gasteiger partial charge in [-0.25, -0.2) is 4.79 Å². The Morgan fingerprint density at radius 1 is 1.35 bits per heavy atom. The molecule has 17 heavy (non-hydrogen) atoms. The fraction of sp³-hybridized carbons (Fsp3) is 0.923. The molecule has 0 amide bonds. The fourth-order valence-corrected chi connectivity index (χ4v) is 2.17. The van der Waals surface area contributed by atoms with Gasteiger partial charge in [0, 0.05) is 6.04 Å². The van der Waals surface area contributed by atoms with Crippen molar-refractivity contribution in [1.82, 2.24) is 5.32 Å². The molecule has 4 heteroatoms. The number of rotatable bonds is 7. The van der Waals surface area contributed by atoms with Gasteiger partial charge in [0.15, 0.2) is 0 Å². The van der Waals surface area contributed by atoms with E-state index in [1.807, 2.05) is 7.05 Å². The molecule has 0 bridgehead atoms. The zero-order valence-corrected chi connectivity index (χ0v) is 11.0. The van der Waals surface area contributed by atoms with Gasteiger partial charge in [-0.1, -0.05) is 26.2 Å². The van der Waals surface area contributed by atoms with Gasteiger partial charge in [-0.05, 0) is 26.3 Å². The molecule has 0 aromatic heterocycles. The van der Waals surface area contributed by atoms with Crippen LogP contribution in [0.5, 0.6) is 0 Å². The van der Waals surface area contributed by atoms with Crippen molar-refractivity contribution < 1.29 is 14.3 Å². The molecular weight excluding hydrogens is 218 g/mol. The smallest absolute Gasteiger partial charge is 0.332 e. The minimum atomic E-state index is -0.237. The van der Waals surface area contributed by atoms with E-state index in [0.717, 1.165) is 25.7 Å². The molecule has 1 saturated carbocycles. The van der Waals surface area contributed by atoms with E-state index < -0.39 is 0 Å². The highest BCUT2D eigenvalue weighted by Gasteiger charge is 2.25. The Balaban J connectivity index is 2.17. The van der Waals surface area contributed by atoms with Gasteiger partial charge in [-0.15, -0.1) is 0 Å². The van der Waals surface area contributed by atoms with E-state index in [1.165, 1.54) is 12.8 Å². The highest BCUT2D eigenvalue weighted by molar-refractivity contribution is 5.70. The highest BCUT2D eigenvalue weighted by atomic mass is 16.6. The standard InChI is InChI=1S/C13H25NO3/c1-3-4-9-16-13(15)10-17-12-8-6-5-7-11(12)14-2/h11-12,14H,3-10H2,1-2H3. The zero-order valence-electron chi connectivity index (χ0n) is 11.0. The Bertz CT molecular complexity index is 221. The summed E-state index contributed by atoms with van der Waals surface area (Å²) in [6.45, 7) is 2.68. The summed E-state index contributed by atoms with van der Waals surface area (Å²) in [5.74, 6) is -0.237. The summed E-state index contributed by atoms with van der Waals surface area (Å²) in [7, 11) is 1.95. The molecule has 1 N–H and O–H groups in total.